The Morgan fingerprint density at radius 1 is 1.21 bits per heavy atom. The lowest BCUT2D eigenvalue weighted by Gasteiger charge is -2.31. The van der Waals surface area contributed by atoms with E-state index in [0.29, 0.717) is 11.5 Å². The van der Waals surface area contributed by atoms with Crippen molar-refractivity contribution in [1.29, 1.82) is 0 Å². The number of piperidine rings is 1. The van der Waals surface area contributed by atoms with Crippen LogP contribution in [0.4, 0.5) is 0 Å². The summed E-state index contributed by atoms with van der Waals surface area (Å²) in [4.78, 5) is 22.2. The number of fused-ring (bicyclic) bond motifs is 1. The van der Waals surface area contributed by atoms with Gasteiger partial charge in [-0.3, -0.25) is 4.79 Å². The van der Waals surface area contributed by atoms with E-state index in [1.807, 2.05) is 24.3 Å². The number of amides is 1. The number of carbonyl (C=O) groups is 1. The van der Waals surface area contributed by atoms with Crippen molar-refractivity contribution in [3.8, 4) is 5.75 Å². The maximum absolute atomic E-state index is 11.6. The molecular formula is C22H26N4O2. The number of H-pyrrole nitrogens is 1. The van der Waals surface area contributed by atoms with Crippen LogP contribution >= 0.6 is 0 Å². The molecule has 6 nitrogen and oxygen atoms in total. The van der Waals surface area contributed by atoms with Gasteiger partial charge in [-0.1, -0.05) is 18.2 Å². The van der Waals surface area contributed by atoms with E-state index in [9.17, 15) is 4.79 Å². The smallest absolute Gasteiger partial charge is 0.250 e. The molecule has 0 radical (unpaired) electrons. The molecule has 1 amide bonds. The normalized spacial score (nSPS) is 15.8. The summed E-state index contributed by atoms with van der Waals surface area (Å²) >= 11 is 0. The average molecular weight is 378 g/mol. The predicted molar refractivity (Wildman–Crippen MR) is 110 cm³/mol. The quantitative estimate of drug-likeness (QED) is 0.690. The second-order valence-corrected chi connectivity index (χ2v) is 7.40. The summed E-state index contributed by atoms with van der Waals surface area (Å²) in [5, 5.41) is 0. The first-order chi connectivity index (χ1) is 13.6. The maximum Gasteiger partial charge on any atom is 0.250 e. The van der Waals surface area contributed by atoms with Gasteiger partial charge in [0.05, 0.1) is 23.7 Å². The number of nitrogens with zero attached hydrogens (tertiary/aromatic N) is 2. The fourth-order valence-corrected chi connectivity index (χ4v) is 3.96. The maximum atomic E-state index is 11.6. The Morgan fingerprint density at radius 3 is 2.64 bits per heavy atom. The zero-order valence-corrected chi connectivity index (χ0v) is 16.1. The van der Waals surface area contributed by atoms with Gasteiger partial charge in [-0.2, -0.15) is 0 Å². The van der Waals surface area contributed by atoms with Gasteiger partial charge >= 0.3 is 0 Å². The third kappa shape index (κ3) is 3.87. The van der Waals surface area contributed by atoms with Gasteiger partial charge in [0, 0.05) is 12.5 Å². The molecule has 0 spiro atoms. The Morgan fingerprint density at radius 2 is 1.96 bits per heavy atom. The molecule has 28 heavy (non-hydrogen) atoms. The van der Waals surface area contributed by atoms with E-state index in [-0.39, 0.29) is 0 Å². The van der Waals surface area contributed by atoms with Gasteiger partial charge in [-0.25, -0.2) is 4.98 Å². The summed E-state index contributed by atoms with van der Waals surface area (Å²) in [5.41, 5.74) is 8.89. The molecule has 146 valence electrons. The molecule has 0 aliphatic carbocycles. The minimum atomic E-state index is -0.422. The molecule has 3 aromatic rings. The summed E-state index contributed by atoms with van der Waals surface area (Å²) in [6.07, 6.45) is 3.17. The number of para-hydroxylation sites is 1. The highest BCUT2D eigenvalue weighted by Crippen LogP contribution is 2.28. The van der Waals surface area contributed by atoms with Gasteiger partial charge in [0.15, 0.2) is 0 Å². The predicted octanol–water partition coefficient (Wildman–Crippen LogP) is 3.09. The number of hydrogen-bond acceptors (Lipinski definition) is 4. The van der Waals surface area contributed by atoms with Crippen molar-refractivity contribution in [2.24, 2.45) is 5.73 Å². The third-order valence-electron chi connectivity index (χ3n) is 5.65. The van der Waals surface area contributed by atoms with Gasteiger partial charge < -0.3 is 20.4 Å². The van der Waals surface area contributed by atoms with Crippen LogP contribution in [0.15, 0.2) is 42.5 Å². The summed E-state index contributed by atoms with van der Waals surface area (Å²) in [6, 6.07) is 13.8. The first-order valence-electron chi connectivity index (χ1n) is 9.78. The molecule has 6 heteroatoms. The van der Waals surface area contributed by atoms with Crippen LogP contribution in [0.1, 0.15) is 40.5 Å². The molecule has 1 aliphatic heterocycles. The zero-order chi connectivity index (χ0) is 19.5. The number of nitrogens with one attached hydrogen (secondary N) is 1. The van der Waals surface area contributed by atoms with Crippen LogP contribution in [0.5, 0.6) is 5.75 Å². The minimum Gasteiger partial charge on any atom is -0.497 e. The van der Waals surface area contributed by atoms with E-state index >= 15 is 0 Å². The molecule has 1 fully saturated rings. The number of likely N-dealkylation sites (tertiary alicyclic amines) is 1. The highest BCUT2D eigenvalue weighted by molar-refractivity contribution is 6.04. The number of carbonyl (C=O) groups excluding carboxylic acids is 1. The van der Waals surface area contributed by atoms with Crippen LogP contribution in [0.2, 0.25) is 0 Å². The number of hydrogen-bond donors (Lipinski definition) is 2. The van der Waals surface area contributed by atoms with Crippen molar-refractivity contribution in [3.05, 3.63) is 59.4 Å². The number of nitrogens with two attached hydrogens (primary N) is 1. The van der Waals surface area contributed by atoms with Gasteiger partial charge in [-0.15, -0.1) is 0 Å². The van der Waals surface area contributed by atoms with Crippen molar-refractivity contribution in [2.45, 2.75) is 25.2 Å². The number of methoxy groups -OCH3 is 1. The van der Waals surface area contributed by atoms with Crippen LogP contribution in [-0.4, -0.2) is 47.5 Å². The van der Waals surface area contributed by atoms with E-state index in [4.69, 9.17) is 15.5 Å². The molecule has 0 atom stereocenters. The number of aromatic amines is 1. The van der Waals surface area contributed by atoms with Crippen LogP contribution in [0, 0.1) is 0 Å². The van der Waals surface area contributed by atoms with E-state index in [1.165, 1.54) is 5.56 Å². The molecule has 0 saturated carbocycles. The van der Waals surface area contributed by atoms with Crippen molar-refractivity contribution < 1.29 is 9.53 Å². The van der Waals surface area contributed by atoms with Crippen LogP contribution < -0.4 is 10.5 Å². The Bertz CT molecular complexity index is 956. The number of benzene rings is 2. The Kier molecular flexibility index (Phi) is 5.30. The molecule has 0 bridgehead atoms. The average Bonchev–Trinajstić information content (AvgIpc) is 3.17. The zero-order valence-electron chi connectivity index (χ0n) is 16.1. The molecule has 3 N–H and O–H groups in total. The fraction of sp³-hybridized carbons (Fsp3) is 0.364. The molecule has 2 aromatic carbocycles. The monoisotopic (exact) mass is 378 g/mol. The molecule has 2 heterocycles. The number of aromatic nitrogens is 2. The number of ether oxygens (including phenoxy) is 1. The lowest BCUT2D eigenvalue weighted by molar-refractivity contribution is 0.100. The number of imidazole rings is 1. The summed E-state index contributed by atoms with van der Waals surface area (Å²) < 4.78 is 5.21. The van der Waals surface area contributed by atoms with Crippen molar-refractivity contribution in [2.75, 3.05) is 26.7 Å². The van der Waals surface area contributed by atoms with E-state index in [2.05, 4.69) is 22.0 Å². The van der Waals surface area contributed by atoms with Crippen molar-refractivity contribution in [1.82, 2.24) is 14.9 Å². The van der Waals surface area contributed by atoms with E-state index in [1.54, 1.807) is 13.2 Å². The third-order valence-corrected chi connectivity index (χ3v) is 5.65. The highest BCUT2D eigenvalue weighted by Gasteiger charge is 2.23. The molecule has 1 aliphatic rings. The number of rotatable bonds is 6. The van der Waals surface area contributed by atoms with Gasteiger partial charge in [-0.05, 0) is 62.2 Å². The first-order valence-corrected chi connectivity index (χ1v) is 9.78. The summed E-state index contributed by atoms with van der Waals surface area (Å²) in [6.45, 7) is 3.17. The fourth-order valence-electron chi connectivity index (χ4n) is 3.96. The van der Waals surface area contributed by atoms with Gasteiger partial charge in [0.1, 0.15) is 11.6 Å². The van der Waals surface area contributed by atoms with E-state index in [0.717, 1.165) is 61.5 Å². The Hall–Kier alpha value is -2.86. The van der Waals surface area contributed by atoms with Gasteiger partial charge in [0.25, 0.3) is 5.91 Å². The Labute approximate surface area is 164 Å². The van der Waals surface area contributed by atoms with Crippen molar-refractivity contribution in [3.63, 3.8) is 0 Å². The van der Waals surface area contributed by atoms with Crippen LogP contribution in [-0.2, 0) is 6.42 Å². The standard InChI is InChI=1S/C22H26N4O2/c1-28-17-7-5-15(6-8-17)9-12-26-13-10-16(11-14-26)22-24-19-4-2-3-18(21(23)27)20(19)25-22/h2-8,16H,9-14H2,1H3,(H2,23,27)(H,24,25). The highest BCUT2D eigenvalue weighted by atomic mass is 16.5. The number of primary amides is 1. The summed E-state index contributed by atoms with van der Waals surface area (Å²) in [5.74, 6) is 1.84. The molecular weight excluding hydrogens is 352 g/mol. The second kappa shape index (κ2) is 8.02. The molecule has 1 aromatic heterocycles. The topological polar surface area (TPSA) is 84.2 Å². The SMILES string of the molecule is COc1ccc(CCN2CCC(c3nc4cccc(C(N)=O)c4[nH]3)CC2)cc1. The lowest BCUT2D eigenvalue weighted by atomic mass is 9.96. The van der Waals surface area contributed by atoms with E-state index < -0.39 is 5.91 Å². The first kappa shape index (κ1) is 18.5. The molecule has 0 unspecified atom stereocenters. The van der Waals surface area contributed by atoms with Crippen molar-refractivity contribution >= 4 is 16.9 Å². The largest absolute Gasteiger partial charge is 0.497 e. The summed E-state index contributed by atoms with van der Waals surface area (Å²) in [7, 11) is 1.69. The van der Waals surface area contributed by atoms with Gasteiger partial charge in [0.2, 0.25) is 0 Å². The molecule has 1 saturated heterocycles. The second-order valence-electron chi connectivity index (χ2n) is 7.40. The van der Waals surface area contributed by atoms with Crippen LogP contribution in [0.3, 0.4) is 0 Å². The minimum absolute atomic E-state index is 0.394. The Balaban J connectivity index is 1.35. The van der Waals surface area contributed by atoms with Crippen LogP contribution in [0.25, 0.3) is 11.0 Å². The molecule has 4 rings (SSSR count). The lowest BCUT2D eigenvalue weighted by Crippen LogP contribution is -2.34.